The molecule has 0 atom stereocenters. The maximum atomic E-state index is 13.5. The molecule has 0 aromatic heterocycles. The van der Waals surface area contributed by atoms with Gasteiger partial charge < -0.3 is 10.1 Å². The van der Waals surface area contributed by atoms with E-state index in [-0.39, 0.29) is 17.3 Å². The van der Waals surface area contributed by atoms with E-state index in [1.165, 1.54) is 37.0 Å². The van der Waals surface area contributed by atoms with Gasteiger partial charge in [0.05, 0.1) is 17.2 Å². The summed E-state index contributed by atoms with van der Waals surface area (Å²) in [6.07, 6.45) is 3.84. The van der Waals surface area contributed by atoms with Crippen molar-refractivity contribution < 1.29 is 17.9 Å². The molecule has 7 nitrogen and oxygen atoms in total. The second-order valence-electron chi connectivity index (χ2n) is 9.18. The van der Waals surface area contributed by atoms with Gasteiger partial charge in [-0.2, -0.15) is 0 Å². The van der Waals surface area contributed by atoms with Crippen LogP contribution in [0.15, 0.2) is 83.8 Å². The summed E-state index contributed by atoms with van der Waals surface area (Å²) in [6, 6.07) is 23.1. The Kier molecular flexibility index (Phi) is 9.19. The van der Waals surface area contributed by atoms with Crippen molar-refractivity contribution in [3.8, 4) is 5.75 Å². The third kappa shape index (κ3) is 7.33. The normalized spacial score (nSPS) is 14.2. The van der Waals surface area contributed by atoms with Crippen molar-refractivity contribution in [2.45, 2.75) is 44.2 Å². The summed E-state index contributed by atoms with van der Waals surface area (Å²) >= 11 is 0. The highest BCUT2D eigenvalue weighted by Gasteiger charge is 2.27. The van der Waals surface area contributed by atoms with Crippen LogP contribution in [0.5, 0.6) is 5.75 Å². The molecule has 0 radical (unpaired) electrons. The van der Waals surface area contributed by atoms with E-state index >= 15 is 0 Å². The third-order valence-corrected chi connectivity index (χ3v) is 8.21. The minimum Gasteiger partial charge on any atom is -0.494 e. The van der Waals surface area contributed by atoms with E-state index < -0.39 is 10.0 Å². The maximum absolute atomic E-state index is 13.5. The van der Waals surface area contributed by atoms with Crippen molar-refractivity contribution in [3.63, 3.8) is 0 Å². The molecular formula is C29H35N3O4S. The molecule has 0 saturated carbocycles. The molecule has 1 saturated heterocycles. The number of anilines is 1. The van der Waals surface area contributed by atoms with Crippen LogP contribution < -0.4 is 14.4 Å². The van der Waals surface area contributed by atoms with E-state index in [0.717, 1.165) is 29.5 Å². The number of nitrogens with zero attached hydrogens (tertiary/aromatic N) is 2. The molecule has 1 aliphatic heterocycles. The lowest BCUT2D eigenvalue weighted by Crippen LogP contribution is -2.40. The Morgan fingerprint density at radius 3 is 2.19 bits per heavy atom. The predicted molar refractivity (Wildman–Crippen MR) is 146 cm³/mol. The number of likely N-dealkylation sites (tertiary alicyclic amines) is 1. The van der Waals surface area contributed by atoms with E-state index in [4.69, 9.17) is 4.74 Å². The fourth-order valence-corrected chi connectivity index (χ4v) is 5.88. The maximum Gasteiger partial charge on any atom is 0.264 e. The van der Waals surface area contributed by atoms with Crippen molar-refractivity contribution in [1.29, 1.82) is 0 Å². The molecule has 1 fully saturated rings. The Bertz CT molecular complexity index is 1240. The van der Waals surface area contributed by atoms with Gasteiger partial charge in [-0.15, -0.1) is 0 Å². The molecule has 196 valence electrons. The Morgan fingerprint density at radius 1 is 0.892 bits per heavy atom. The first-order valence-corrected chi connectivity index (χ1v) is 14.3. The number of carbonyl (C=O) groups excluding carboxylic acids is 1. The molecule has 3 aromatic rings. The molecule has 1 N–H and O–H groups in total. The highest BCUT2D eigenvalue weighted by Crippen LogP contribution is 2.26. The first-order chi connectivity index (χ1) is 18.0. The zero-order valence-corrected chi connectivity index (χ0v) is 22.1. The van der Waals surface area contributed by atoms with E-state index in [0.29, 0.717) is 24.6 Å². The lowest BCUT2D eigenvalue weighted by molar-refractivity contribution is -0.119. The van der Waals surface area contributed by atoms with E-state index in [2.05, 4.69) is 22.3 Å². The van der Waals surface area contributed by atoms with Crippen LogP contribution in [-0.4, -0.2) is 45.5 Å². The van der Waals surface area contributed by atoms with E-state index in [9.17, 15) is 13.2 Å². The molecule has 0 unspecified atom stereocenters. The first-order valence-electron chi connectivity index (χ1n) is 12.8. The SMILES string of the molecule is CCOc1ccc(N(CC(=O)NCc2ccc(CN3CCCCC3)cc2)S(=O)(=O)c2ccccc2)cc1. The Balaban J connectivity index is 1.42. The van der Waals surface area contributed by atoms with Gasteiger partial charge in [0.2, 0.25) is 5.91 Å². The van der Waals surface area contributed by atoms with Crippen LogP contribution in [0, 0.1) is 0 Å². The summed E-state index contributed by atoms with van der Waals surface area (Å²) in [5.74, 6) is 0.252. The molecular weight excluding hydrogens is 486 g/mol. The van der Waals surface area contributed by atoms with E-state index in [1.807, 2.05) is 19.1 Å². The Hall–Kier alpha value is -3.36. The van der Waals surface area contributed by atoms with Crippen molar-refractivity contribution >= 4 is 21.6 Å². The van der Waals surface area contributed by atoms with Crippen molar-refractivity contribution in [2.24, 2.45) is 0 Å². The standard InChI is InChI=1S/C29H35N3O4S/c1-2-36-27-17-15-26(16-18-27)32(37(34,35)28-9-5-3-6-10-28)23-29(33)30-21-24-11-13-25(14-12-24)22-31-19-7-4-8-20-31/h3,5-6,9-18H,2,4,7-8,19-23H2,1H3,(H,30,33). The smallest absolute Gasteiger partial charge is 0.264 e. The van der Waals surface area contributed by atoms with Gasteiger partial charge in [-0.05, 0) is 80.4 Å². The van der Waals surface area contributed by atoms with Crippen molar-refractivity contribution in [1.82, 2.24) is 10.2 Å². The van der Waals surface area contributed by atoms with Gasteiger partial charge in [0.1, 0.15) is 12.3 Å². The molecule has 1 heterocycles. The Labute approximate surface area is 220 Å². The van der Waals surface area contributed by atoms with Crippen molar-refractivity contribution in [3.05, 3.63) is 90.0 Å². The van der Waals surface area contributed by atoms with Gasteiger partial charge in [-0.25, -0.2) is 8.42 Å². The number of nitrogens with one attached hydrogen (secondary N) is 1. The molecule has 1 aliphatic rings. The molecule has 4 rings (SSSR count). The molecule has 0 aliphatic carbocycles. The molecule has 1 amide bonds. The van der Waals surface area contributed by atoms with Gasteiger partial charge in [-0.3, -0.25) is 14.0 Å². The van der Waals surface area contributed by atoms with E-state index in [1.54, 1.807) is 42.5 Å². The fourth-order valence-electron chi connectivity index (χ4n) is 4.44. The van der Waals surface area contributed by atoms with Crippen molar-refractivity contribution in [2.75, 3.05) is 30.5 Å². The van der Waals surface area contributed by atoms with Crippen LogP contribution in [0.25, 0.3) is 0 Å². The largest absolute Gasteiger partial charge is 0.494 e. The number of carbonyl (C=O) groups is 1. The van der Waals surface area contributed by atoms with Crippen LogP contribution >= 0.6 is 0 Å². The molecule has 0 spiro atoms. The second-order valence-corrected chi connectivity index (χ2v) is 11.0. The molecule has 3 aromatic carbocycles. The quantitative estimate of drug-likeness (QED) is 0.400. The summed E-state index contributed by atoms with van der Waals surface area (Å²) in [5, 5.41) is 2.88. The van der Waals surface area contributed by atoms with Crippen LogP contribution in [0.3, 0.4) is 0 Å². The fraction of sp³-hybridized carbons (Fsp3) is 0.345. The second kappa shape index (κ2) is 12.7. The zero-order chi connectivity index (χ0) is 26.1. The predicted octanol–water partition coefficient (Wildman–Crippen LogP) is 4.58. The summed E-state index contributed by atoms with van der Waals surface area (Å²) in [7, 11) is -3.95. The average Bonchev–Trinajstić information content (AvgIpc) is 2.93. The molecule has 8 heteroatoms. The highest BCUT2D eigenvalue weighted by molar-refractivity contribution is 7.92. The van der Waals surface area contributed by atoms with Gasteiger partial charge >= 0.3 is 0 Å². The van der Waals surface area contributed by atoms with Gasteiger partial charge in [0, 0.05) is 13.1 Å². The lowest BCUT2D eigenvalue weighted by Gasteiger charge is -2.26. The molecule has 0 bridgehead atoms. The Morgan fingerprint density at radius 2 is 1.54 bits per heavy atom. The number of benzene rings is 3. The van der Waals surface area contributed by atoms with Crippen LogP contribution in [-0.2, 0) is 27.9 Å². The third-order valence-electron chi connectivity index (χ3n) is 6.42. The minimum atomic E-state index is -3.95. The summed E-state index contributed by atoms with van der Waals surface area (Å²) in [5.41, 5.74) is 2.62. The highest BCUT2D eigenvalue weighted by atomic mass is 32.2. The summed E-state index contributed by atoms with van der Waals surface area (Å²) in [6.45, 7) is 5.62. The summed E-state index contributed by atoms with van der Waals surface area (Å²) < 4.78 is 33.5. The number of ether oxygens (including phenoxy) is 1. The number of hydrogen-bond acceptors (Lipinski definition) is 5. The monoisotopic (exact) mass is 521 g/mol. The first kappa shape index (κ1) is 26.7. The average molecular weight is 522 g/mol. The lowest BCUT2D eigenvalue weighted by atomic mass is 10.1. The molecule has 37 heavy (non-hydrogen) atoms. The summed E-state index contributed by atoms with van der Waals surface area (Å²) in [4.78, 5) is 15.5. The topological polar surface area (TPSA) is 79.0 Å². The van der Waals surface area contributed by atoms with Gasteiger partial charge in [-0.1, -0.05) is 48.9 Å². The number of hydrogen-bond donors (Lipinski definition) is 1. The van der Waals surface area contributed by atoms with Crippen LogP contribution in [0.4, 0.5) is 5.69 Å². The van der Waals surface area contributed by atoms with Crippen LogP contribution in [0.2, 0.25) is 0 Å². The zero-order valence-electron chi connectivity index (χ0n) is 21.3. The van der Waals surface area contributed by atoms with Gasteiger partial charge in [0.15, 0.2) is 0 Å². The number of piperidine rings is 1. The number of amides is 1. The minimum absolute atomic E-state index is 0.126. The number of sulfonamides is 1. The van der Waals surface area contributed by atoms with Gasteiger partial charge in [0.25, 0.3) is 10.0 Å². The number of rotatable bonds is 11. The van der Waals surface area contributed by atoms with Crippen LogP contribution in [0.1, 0.15) is 37.3 Å².